The van der Waals surface area contributed by atoms with Gasteiger partial charge in [-0.15, -0.1) is 6.42 Å². The average molecular weight is 211 g/mol. The standard InChI is InChI=1S/C7H11F2NO2S/c1-5-7(2,3)10(4)13(11,12)6(8)9/h1,6H,2-4H3. The van der Waals surface area contributed by atoms with Gasteiger partial charge in [0.05, 0.1) is 5.54 Å². The molecule has 0 rings (SSSR count). The van der Waals surface area contributed by atoms with Gasteiger partial charge in [-0.2, -0.15) is 13.1 Å². The van der Waals surface area contributed by atoms with E-state index >= 15 is 0 Å². The minimum atomic E-state index is -4.59. The maximum atomic E-state index is 12.0. The fourth-order valence-corrected chi connectivity index (χ4v) is 1.46. The summed E-state index contributed by atoms with van der Waals surface area (Å²) in [5.74, 6) is -1.32. The first-order valence-corrected chi connectivity index (χ1v) is 4.90. The normalized spacial score (nSPS) is 13.4. The van der Waals surface area contributed by atoms with Crippen LogP contribution in [0.3, 0.4) is 0 Å². The maximum Gasteiger partial charge on any atom is 0.350 e. The van der Waals surface area contributed by atoms with Gasteiger partial charge in [-0.3, -0.25) is 0 Å². The van der Waals surface area contributed by atoms with Crippen molar-refractivity contribution in [1.29, 1.82) is 0 Å². The van der Waals surface area contributed by atoms with Crippen molar-refractivity contribution in [2.24, 2.45) is 0 Å². The van der Waals surface area contributed by atoms with Crippen LogP contribution in [0, 0.1) is 12.3 Å². The molecular formula is C7H11F2NO2S. The molecule has 0 aliphatic rings. The Bertz CT molecular complexity index is 316. The number of hydrogen-bond donors (Lipinski definition) is 0. The zero-order chi connectivity index (χ0) is 10.9. The third kappa shape index (κ3) is 2.39. The highest BCUT2D eigenvalue weighted by Crippen LogP contribution is 2.19. The third-order valence-corrected chi connectivity index (χ3v) is 3.42. The Kier molecular flexibility index (Phi) is 3.41. The van der Waals surface area contributed by atoms with Crippen LogP contribution in [0.1, 0.15) is 13.8 Å². The summed E-state index contributed by atoms with van der Waals surface area (Å²) in [5.41, 5.74) is -1.24. The minimum Gasteiger partial charge on any atom is -0.206 e. The number of sulfonamides is 1. The molecule has 0 aromatic rings. The Morgan fingerprint density at radius 2 is 1.85 bits per heavy atom. The van der Waals surface area contributed by atoms with E-state index in [9.17, 15) is 17.2 Å². The Labute approximate surface area is 76.8 Å². The van der Waals surface area contributed by atoms with E-state index in [1.165, 1.54) is 13.8 Å². The highest BCUT2D eigenvalue weighted by atomic mass is 32.2. The van der Waals surface area contributed by atoms with Gasteiger partial charge in [0.2, 0.25) is 0 Å². The van der Waals surface area contributed by atoms with Crippen molar-refractivity contribution in [2.45, 2.75) is 25.1 Å². The molecule has 0 heterocycles. The second-order valence-corrected chi connectivity index (χ2v) is 4.91. The van der Waals surface area contributed by atoms with E-state index in [0.29, 0.717) is 4.31 Å². The van der Waals surface area contributed by atoms with Gasteiger partial charge < -0.3 is 0 Å². The lowest BCUT2D eigenvalue weighted by Gasteiger charge is -2.29. The second kappa shape index (κ2) is 3.60. The van der Waals surface area contributed by atoms with Crippen LogP contribution >= 0.6 is 0 Å². The van der Waals surface area contributed by atoms with Gasteiger partial charge in [0.15, 0.2) is 0 Å². The Morgan fingerprint density at radius 1 is 1.46 bits per heavy atom. The lowest BCUT2D eigenvalue weighted by atomic mass is 10.1. The molecule has 0 saturated carbocycles. The number of nitrogens with zero attached hydrogens (tertiary/aromatic N) is 1. The number of terminal acetylenes is 1. The van der Waals surface area contributed by atoms with E-state index in [1.807, 2.05) is 0 Å². The summed E-state index contributed by atoms with van der Waals surface area (Å²) in [6.07, 6.45) is 5.00. The molecule has 0 radical (unpaired) electrons. The van der Waals surface area contributed by atoms with Crippen molar-refractivity contribution < 1.29 is 17.2 Å². The molecule has 0 unspecified atom stereocenters. The van der Waals surface area contributed by atoms with Crippen LogP contribution in [0.25, 0.3) is 0 Å². The smallest absolute Gasteiger partial charge is 0.206 e. The summed E-state index contributed by atoms with van der Waals surface area (Å²) < 4.78 is 46.4. The number of alkyl halides is 2. The molecule has 0 atom stereocenters. The first-order chi connectivity index (χ1) is 5.66. The molecule has 76 valence electrons. The molecule has 0 N–H and O–H groups in total. The monoisotopic (exact) mass is 211 g/mol. The number of hydrogen-bond acceptors (Lipinski definition) is 2. The van der Waals surface area contributed by atoms with Crippen LogP contribution in [0.5, 0.6) is 0 Å². The van der Waals surface area contributed by atoms with E-state index < -0.39 is 21.3 Å². The molecule has 0 fully saturated rings. The lowest BCUT2D eigenvalue weighted by Crippen LogP contribution is -2.46. The number of rotatable bonds is 3. The fraction of sp³-hybridized carbons (Fsp3) is 0.714. The van der Waals surface area contributed by atoms with Crippen molar-refractivity contribution in [3.8, 4) is 12.3 Å². The highest BCUT2D eigenvalue weighted by molar-refractivity contribution is 7.89. The van der Waals surface area contributed by atoms with E-state index in [4.69, 9.17) is 6.42 Å². The Hall–Kier alpha value is -0.670. The van der Waals surface area contributed by atoms with Crippen LogP contribution in [-0.4, -0.2) is 31.1 Å². The lowest BCUT2D eigenvalue weighted by molar-refractivity contribution is 0.211. The van der Waals surface area contributed by atoms with Crippen molar-refractivity contribution in [3.05, 3.63) is 0 Å². The second-order valence-electron chi connectivity index (χ2n) is 2.98. The summed E-state index contributed by atoms with van der Waals surface area (Å²) in [7, 11) is -3.56. The fourth-order valence-electron chi connectivity index (χ4n) is 0.529. The molecule has 0 aromatic carbocycles. The van der Waals surface area contributed by atoms with Crippen LogP contribution in [0.4, 0.5) is 8.78 Å². The zero-order valence-electron chi connectivity index (χ0n) is 7.58. The molecule has 0 aromatic heterocycles. The molecule has 0 amide bonds. The molecule has 0 saturated heterocycles. The highest BCUT2D eigenvalue weighted by Gasteiger charge is 2.37. The zero-order valence-corrected chi connectivity index (χ0v) is 8.40. The maximum absolute atomic E-state index is 12.0. The van der Waals surface area contributed by atoms with E-state index in [1.54, 1.807) is 0 Å². The summed E-state index contributed by atoms with van der Waals surface area (Å²) in [6.45, 7) is 2.74. The van der Waals surface area contributed by atoms with Gasteiger partial charge in [0.1, 0.15) is 0 Å². The van der Waals surface area contributed by atoms with Gasteiger partial charge in [0, 0.05) is 7.05 Å². The summed E-state index contributed by atoms with van der Waals surface area (Å²) in [4.78, 5) is 0. The summed E-state index contributed by atoms with van der Waals surface area (Å²) in [5, 5.41) is 0. The summed E-state index contributed by atoms with van der Waals surface area (Å²) in [6, 6.07) is 0. The Balaban J connectivity index is 5.05. The van der Waals surface area contributed by atoms with Crippen molar-refractivity contribution in [3.63, 3.8) is 0 Å². The van der Waals surface area contributed by atoms with Crippen LogP contribution in [0.2, 0.25) is 0 Å². The average Bonchev–Trinajstić information content (AvgIpc) is 2.02. The predicted octanol–water partition coefficient (Wildman–Crippen LogP) is 0.882. The van der Waals surface area contributed by atoms with Gasteiger partial charge in [-0.05, 0) is 13.8 Å². The minimum absolute atomic E-state index is 0.491. The van der Waals surface area contributed by atoms with Crippen LogP contribution in [0.15, 0.2) is 0 Å². The van der Waals surface area contributed by atoms with Crippen molar-refractivity contribution in [1.82, 2.24) is 4.31 Å². The van der Waals surface area contributed by atoms with Crippen molar-refractivity contribution >= 4 is 10.0 Å². The Morgan fingerprint density at radius 3 is 2.08 bits per heavy atom. The van der Waals surface area contributed by atoms with Gasteiger partial charge in [0.25, 0.3) is 10.0 Å². The molecule has 13 heavy (non-hydrogen) atoms. The summed E-state index contributed by atoms with van der Waals surface area (Å²) >= 11 is 0. The van der Waals surface area contributed by atoms with Crippen LogP contribution < -0.4 is 0 Å². The SMILES string of the molecule is C#CC(C)(C)N(C)S(=O)(=O)C(F)F. The molecule has 6 heteroatoms. The quantitative estimate of drug-likeness (QED) is 0.650. The molecule has 0 aliphatic carbocycles. The molecule has 0 bridgehead atoms. The predicted molar refractivity (Wildman–Crippen MR) is 45.6 cm³/mol. The van der Waals surface area contributed by atoms with E-state index in [0.717, 1.165) is 7.05 Å². The largest absolute Gasteiger partial charge is 0.350 e. The van der Waals surface area contributed by atoms with E-state index in [-0.39, 0.29) is 0 Å². The molecule has 0 aliphatic heterocycles. The molecular weight excluding hydrogens is 200 g/mol. The van der Waals surface area contributed by atoms with E-state index in [2.05, 4.69) is 5.92 Å². The topological polar surface area (TPSA) is 37.4 Å². The van der Waals surface area contributed by atoms with Gasteiger partial charge in [-0.25, -0.2) is 8.42 Å². The molecule has 3 nitrogen and oxygen atoms in total. The first-order valence-electron chi connectivity index (χ1n) is 3.40. The first kappa shape index (κ1) is 12.3. The van der Waals surface area contributed by atoms with Crippen molar-refractivity contribution in [2.75, 3.05) is 7.05 Å². The van der Waals surface area contributed by atoms with Gasteiger partial charge >= 0.3 is 5.76 Å². The third-order valence-electron chi connectivity index (χ3n) is 1.75. The van der Waals surface area contributed by atoms with Crippen LogP contribution in [-0.2, 0) is 10.0 Å². The van der Waals surface area contributed by atoms with Gasteiger partial charge in [-0.1, -0.05) is 5.92 Å². The number of halogens is 2. The molecule has 0 spiro atoms.